The highest BCUT2D eigenvalue weighted by Gasteiger charge is 1.92. The summed E-state index contributed by atoms with van der Waals surface area (Å²) in [7, 11) is 1.68. The van der Waals surface area contributed by atoms with Crippen molar-refractivity contribution in [2.24, 2.45) is 0 Å². The molecule has 0 spiro atoms. The van der Waals surface area contributed by atoms with Crippen LogP contribution in [0.15, 0.2) is 16.9 Å². The van der Waals surface area contributed by atoms with Crippen molar-refractivity contribution < 1.29 is 4.74 Å². The number of hydrogen-bond donors (Lipinski definition) is 1. The van der Waals surface area contributed by atoms with Gasteiger partial charge in [-0.2, -0.15) is 0 Å². The molecule has 0 saturated heterocycles. The Balaban J connectivity index is 2.61. The predicted molar refractivity (Wildman–Crippen MR) is 39.2 cm³/mol. The van der Waals surface area contributed by atoms with Gasteiger partial charge in [0, 0.05) is 13.3 Å². The molecule has 1 N–H and O–H groups in total. The molecule has 0 atom stereocenters. The first-order valence-electron chi connectivity index (χ1n) is 2.64. The number of aromatic nitrogens is 1. The molecule has 0 aliphatic carbocycles. The highest BCUT2D eigenvalue weighted by atomic mass is 79.9. The zero-order chi connectivity index (χ0) is 6.69. The molecule has 0 radical (unpaired) electrons. The Morgan fingerprint density at radius 3 is 3.00 bits per heavy atom. The average molecular weight is 190 g/mol. The zero-order valence-electron chi connectivity index (χ0n) is 5.15. The van der Waals surface area contributed by atoms with Gasteiger partial charge in [0.1, 0.15) is 0 Å². The summed E-state index contributed by atoms with van der Waals surface area (Å²) in [5.41, 5.74) is 1.16. The Morgan fingerprint density at radius 2 is 2.56 bits per heavy atom. The van der Waals surface area contributed by atoms with Crippen LogP contribution < -0.4 is 0 Å². The van der Waals surface area contributed by atoms with Gasteiger partial charge in [0.15, 0.2) is 0 Å². The molecule has 2 nitrogen and oxygen atoms in total. The smallest absolute Gasteiger partial charge is 0.0823 e. The summed E-state index contributed by atoms with van der Waals surface area (Å²) in [6.45, 7) is 0.669. The number of rotatable bonds is 2. The van der Waals surface area contributed by atoms with Crippen molar-refractivity contribution in [3.05, 3.63) is 22.4 Å². The lowest BCUT2D eigenvalue weighted by atomic mass is 10.4. The lowest BCUT2D eigenvalue weighted by Gasteiger charge is -1.89. The van der Waals surface area contributed by atoms with Gasteiger partial charge >= 0.3 is 0 Å². The Morgan fingerprint density at radius 1 is 1.78 bits per heavy atom. The first kappa shape index (κ1) is 6.83. The zero-order valence-corrected chi connectivity index (χ0v) is 6.73. The van der Waals surface area contributed by atoms with Gasteiger partial charge in [0.05, 0.1) is 11.2 Å². The van der Waals surface area contributed by atoms with Crippen molar-refractivity contribution in [2.75, 3.05) is 7.11 Å². The molecular formula is C6H8BrNO. The minimum absolute atomic E-state index is 0.669. The maximum atomic E-state index is 4.90. The van der Waals surface area contributed by atoms with Crippen LogP contribution in [0, 0.1) is 0 Å². The number of H-pyrrole nitrogens is 1. The molecule has 0 saturated carbocycles. The number of ether oxygens (including phenoxy) is 1. The van der Waals surface area contributed by atoms with E-state index in [0.717, 1.165) is 10.2 Å². The average Bonchev–Trinajstić information content (AvgIpc) is 2.17. The molecule has 1 aromatic rings. The molecule has 0 aliphatic rings. The summed E-state index contributed by atoms with van der Waals surface area (Å²) >= 11 is 3.29. The Kier molecular flexibility index (Phi) is 2.30. The summed E-state index contributed by atoms with van der Waals surface area (Å²) in [4.78, 5) is 2.99. The summed E-state index contributed by atoms with van der Waals surface area (Å²) in [6.07, 6.45) is 1.91. The molecular weight excluding hydrogens is 182 g/mol. The fraction of sp³-hybridized carbons (Fsp3) is 0.333. The molecule has 0 amide bonds. The Hall–Kier alpha value is -0.280. The molecule has 1 rings (SSSR count). The summed E-state index contributed by atoms with van der Waals surface area (Å²) < 4.78 is 5.90. The van der Waals surface area contributed by atoms with Crippen LogP contribution in [0.25, 0.3) is 0 Å². The minimum Gasteiger partial charge on any atom is -0.380 e. The number of halogens is 1. The van der Waals surface area contributed by atoms with Crippen LogP contribution in [-0.2, 0) is 11.3 Å². The molecule has 50 valence electrons. The van der Waals surface area contributed by atoms with Crippen molar-refractivity contribution in [2.45, 2.75) is 6.61 Å². The second-order valence-electron chi connectivity index (χ2n) is 1.79. The molecule has 1 aromatic heterocycles. The third-order valence-corrected chi connectivity index (χ3v) is 1.48. The van der Waals surface area contributed by atoms with Crippen molar-refractivity contribution in [3.63, 3.8) is 0 Å². The standard InChI is InChI=1S/C6H8BrNO/c1-9-4-5-2-6(7)8-3-5/h2-3,8H,4H2,1H3. The Bertz CT molecular complexity index is 185. The van der Waals surface area contributed by atoms with Crippen LogP contribution in [0.3, 0.4) is 0 Å². The maximum Gasteiger partial charge on any atom is 0.0823 e. The fourth-order valence-electron chi connectivity index (χ4n) is 0.658. The van der Waals surface area contributed by atoms with Gasteiger partial charge in [0.2, 0.25) is 0 Å². The summed E-state index contributed by atoms with van der Waals surface area (Å²) in [5.74, 6) is 0. The maximum absolute atomic E-state index is 4.90. The third kappa shape index (κ3) is 1.84. The van der Waals surface area contributed by atoms with E-state index in [1.165, 1.54) is 0 Å². The summed E-state index contributed by atoms with van der Waals surface area (Å²) in [5, 5.41) is 0. The van der Waals surface area contributed by atoms with E-state index in [4.69, 9.17) is 4.74 Å². The van der Waals surface area contributed by atoms with E-state index >= 15 is 0 Å². The first-order valence-corrected chi connectivity index (χ1v) is 3.44. The van der Waals surface area contributed by atoms with Crippen LogP contribution in [0.5, 0.6) is 0 Å². The van der Waals surface area contributed by atoms with Crippen molar-refractivity contribution in [1.29, 1.82) is 0 Å². The number of aromatic amines is 1. The quantitative estimate of drug-likeness (QED) is 0.757. The first-order chi connectivity index (χ1) is 4.33. The van der Waals surface area contributed by atoms with E-state index in [-0.39, 0.29) is 0 Å². The number of nitrogens with one attached hydrogen (secondary N) is 1. The van der Waals surface area contributed by atoms with Gasteiger partial charge in [0.25, 0.3) is 0 Å². The molecule has 1 heterocycles. The van der Waals surface area contributed by atoms with E-state index in [9.17, 15) is 0 Å². The highest BCUT2D eigenvalue weighted by Crippen LogP contribution is 2.09. The van der Waals surface area contributed by atoms with Crippen LogP contribution in [0.1, 0.15) is 5.56 Å². The van der Waals surface area contributed by atoms with Gasteiger partial charge in [-0.3, -0.25) is 0 Å². The highest BCUT2D eigenvalue weighted by molar-refractivity contribution is 9.10. The van der Waals surface area contributed by atoms with Crippen LogP contribution >= 0.6 is 15.9 Å². The fourth-order valence-corrected chi connectivity index (χ4v) is 1.07. The van der Waals surface area contributed by atoms with Gasteiger partial charge in [-0.1, -0.05) is 0 Å². The largest absolute Gasteiger partial charge is 0.380 e. The van der Waals surface area contributed by atoms with E-state index in [0.29, 0.717) is 6.61 Å². The normalized spacial score (nSPS) is 10.0. The Labute approximate surface area is 62.4 Å². The molecule has 0 aliphatic heterocycles. The van der Waals surface area contributed by atoms with Gasteiger partial charge in [-0.15, -0.1) is 0 Å². The number of methoxy groups -OCH3 is 1. The molecule has 0 unspecified atom stereocenters. The molecule has 0 fully saturated rings. The van der Waals surface area contributed by atoms with E-state index in [1.807, 2.05) is 12.3 Å². The lowest BCUT2D eigenvalue weighted by molar-refractivity contribution is 0.185. The SMILES string of the molecule is COCc1c[nH]c(Br)c1. The number of hydrogen-bond acceptors (Lipinski definition) is 1. The third-order valence-electron chi connectivity index (χ3n) is 1.02. The van der Waals surface area contributed by atoms with Crippen LogP contribution in [0.2, 0.25) is 0 Å². The van der Waals surface area contributed by atoms with Crippen LogP contribution in [-0.4, -0.2) is 12.1 Å². The topological polar surface area (TPSA) is 25.0 Å². The molecule has 9 heavy (non-hydrogen) atoms. The van der Waals surface area contributed by atoms with Gasteiger partial charge in [-0.05, 0) is 27.6 Å². The van der Waals surface area contributed by atoms with E-state index in [1.54, 1.807) is 7.11 Å². The molecule has 3 heteroatoms. The van der Waals surface area contributed by atoms with E-state index in [2.05, 4.69) is 20.9 Å². The monoisotopic (exact) mass is 189 g/mol. The summed E-state index contributed by atoms with van der Waals surface area (Å²) in [6, 6.07) is 1.99. The van der Waals surface area contributed by atoms with Gasteiger partial charge in [-0.25, -0.2) is 0 Å². The van der Waals surface area contributed by atoms with Gasteiger partial charge < -0.3 is 9.72 Å². The lowest BCUT2D eigenvalue weighted by Crippen LogP contribution is -1.81. The molecule has 0 aromatic carbocycles. The van der Waals surface area contributed by atoms with Crippen molar-refractivity contribution >= 4 is 15.9 Å². The van der Waals surface area contributed by atoms with Crippen molar-refractivity contribution in [3.8, 4) is 0 Å². The van der Waals surface area contributed by atoms with E-state index < -0.39 is 0 Å². The van der Waals surface area contributed by atoms with Crippen LogP contribution in [0.4, 0.5) is 0 Å². The predicted octanol–water partition coefficient (Wildman–Crippen LogP) is 1.92. The molecule has 0 bridgehead atoms. The van der Waals surface area contributed by atoms with Crippen molar-refractivity contribution in [1.82, 2.24) is 4.98 Å². The second kappa shape index (κ2) is 3.03. The minimum atomic E-state index is 0.669. The second-order valence-corrected chi connectivity index (χ2v) is 2.64.